The van der Waals surface area contributed by atoms with Crippen molar-refractivity contribution in [2.75, 3.05) is 21.3 Å². The number of para-hydroxylation sites is 4. The number of alkyl halides is 9. The van der Waals surface area contributed by atoms with Gasteiger partial charge in [0, 0.05) is 60.7 Å². The number of anilines is 4. The standard InChI is InChI=1S/C67H42F9IN10O4.Zn/c68-65(69,70)62(89)84-45-17-6-2-13-41(45)58-50-26-24-48(79-50)57(40-12-1-5-16-44(40)83-61(88)38-11-9-10-36(32-38)34-87-35-78-33-56(87)37-20-22-39(77)23-21-37)49-25-27-51(80-49)59(42-14-3-7-18-46(42)85-63(90)66(71,72)73)53-29-31-55(82-53)60(54-30-28-52(58)81-54)43-15-4-8-19-47(43)86-64(91)67(74,75)76;/h1-33,35H,34H2,(H6,79,80,81,82,83,84,85,86,88,89,90,91);/q;+2/p-2. The number of nitrogens with zero attached hydrogens (tertiary/aromatic N) is 6. The zero-order valence-corrected chi connectivity index (χ0v) is 52.3. The van der Waals surface area contributed by atoms with Crippen molar-refractivity contribution in [2.24, 2.45) is 0 Å². The van der Waals surface area contributed by atoms with Crippen LogP contribution in [0, 0.1) is 3.57 Å². The number of fused-ring (bicyclic) bond motifs is 8. The fraction of sp³-hybridized carbons (Fsp3) is 0.0597. The molecule has 2 aliphatic rings. The fourth-order valence-electron chi connectivity index (χ4n) is 10.5. The van der Waals surface area contributed by atoms with Gasteiger partial charge >= 0.3 is 55.7 Å². The summed E-state index contributed by atoms with van der Waals surface area (Å²) >= 11 is 2.23. The maximum absolute atomic E-state index is 14.6. The molecule has 12 rings (SSSR count). The SMILES string of the molecule is O=C(Nc1ccccc1-c1c2nc(c(-c3ccccc3NC(=O)C(F)(F)F)c3ccc([n-]3)c(-c3ccccc3NC(=O)C(F)(F)F)c3nc(c(-c4ccccc4NC(=O)C(F)(F)F)c4ccc1[n-]4)C=C3)C=C2)c1cccc(Cn2cncc2-c2ccc(I)cc2)c1.[Zn+2]. The van der Waals surface area contributed by atoms with Crippen molar-refractivity contribution in [2.45, 2.75) is 25.1 Å². The van der Waals surface area contributed by atoms with E-state index in [0.29, 0.717) is 12.1 Å². The van der Waals surface area contributed by atoms with E-state index in [2.05, 4.69) is 32.9 Å². The van der Waals surface area contributed by atoms with Crippen LogP contribution in [0.1, 0.15) is 38.7 Å². The molecule has 92 heavy (non-hydrogen) atoms. The first-order valence-electron chi connectivity index (χ1n) is 27.3. The van der Waals surface area contributed by atoms with E-state index in [1.807, 2.05) is 50.8 Å². The van der Waals surface area contributed by atoms with Crippen LogP contribution in [0.5, 0.6) is 0 Å². The van der Waals surface area contributed by atoms with Gasteiger partial charge in [-0.05, 0) is 129 Å². The molecule has 0 atom stereocenters. The first-order chi connectivity index (χ1) is 43.5. The number of amides is 4. The molecule has 25 heteroatoms. The minimum atomic E-state index is -5.36. The van der Waals surface area contributed by atoms with Gasteiger partial charge in [-0.1, -0.05) is 121 Å². The van der Waals surface area contributed by atoms with Gasteiger partial charge in [0.15, 0.2) is 0 Å². The molecule has 0 spiro atoms. The third-order valence-corrected chi connectivity index (χ3v) is 15.3. The van der Waals surface area contributed by atoms with Gasteiger partial charge < -0.3 is 35.8 Å². The number of rotatable bonds is 12. The van der Waals surface area contributed by atoms with Crippen molar-refractivity contribution < 1.29 is 78.2 Å². The number of carbonyl (C=O) groups is 4. The van der Waals surface area contributed by atoms with E-state index in [1.54, 1.807) is 67.1 Å². The Kier molecular flexibility index (Phi) is 17.6. The predicted octanol–water partition coefficient (Wildman–Crippen LogP) is 15.9. The average molecular weight is 1410 g/mol. The van der Waals surface area contributed by atoms with Crippen LogP contribution in [-0.4, -0.2) is 61.7 Å². The number of hydrogen-bond acceptors (Lipinski definition) is 7. The molecule has 2 aliphatic heterocycles. The molecule has 4 aromatic heterocycles. The maximum atomic E-state index is 14.6. The van der Waals surface area contributed by atoms with E-state index in [0.717, 1.165) is 20.4 Å². The van der Waals surface area contributed by atoms with Gasteiger partial charge in [-0.3, -0.25) is 19.2 Å². The Balaban J connectivity index is 0.00000867. The summed E-state index contributed by atoms with van der Waals surface area (Å²) in [4.78, 5) is 77.2. The maximum Gasteiger partial charge on any atom is 2.00 e. The molecule has 454 valence electrons. The molecule has 0 saturated heterocycles. The second kappa shape index (κ2) is 25.5. The average Bonchev–Trinajstić information content (AvgIpc) is 1.60. The first kappa shape index (κ1) is 63.3. The van der Waals surface area contributed by atoms with Crippen LogP contribution in [0.15, 0.2) is 182 Å². The molecular formula is C67H40F9IN10O4Zn. The zero-order chi connectivity index (χ0) is 63.9. The van der Waals surface area contributed by atoms with Gasteiger partial charge in [0.1, 0.15) is 0 Å². The first-order valence-corrected chi connectivity index (χ1v) is 28.4. The Morgan fingerprint density at radius 1 is 0.446 bits per heavy atom. The molecular weight excluding hydrogens is 1370 g/mol. The molecule has 4 N–H and O–H groups in total. The third kappa shape index (κ3) is 13.2. The van der Waals surface area contributed by atoms with Crippen LogP contribution in [0.4, 0.5) is 62.3 Å². The van der Waals surface area contributed by atoms with Crippen molar-refractivity contribution in [3.05, 3.63) is 220 Å². The van der Waals surface area contributed by atoms with E-state index in [9.17, 15) is 58.7 Å². The van der Waals surface area contributed by atoms with Crippen LogP contribution >= 0.6 is 22.6 Å². The summed E-state index contributed by atoms with van der Waals surface area (Å²) in [5, 5.41) is 8.86. The van der Waals surface area contributed by atoms with E-state index < -0.39 is 42.2 Å². The van der Waals surface area contributed by atoms with Crippen molar-refractivity contribution in [1.29, 1.82) is 0 Å². The minimum absolute atomic E-state index is 0. The molecule has 0 radical (unpaired) electrons. The van der Waals surface area contributed by atoms with Crippen LogP contribution in [-0.2, 0) is 40.4 Å². The van der Waals surface area contributed by atoms with Crippen LogP contribution in [0.2, 0.25) is 0 Å². The van der Waals surface area contributed by atoms with Gasteiger partial charge in [0.25, 0.3) is 5.91 Å². The topological polar surface area (TPSA) is 188 Å². The zero-order valence-electron chi connectivity index (χ0n) is 47.1. The number of imidazole rings is 1. The second-order valence-electron chi connectivity index (χ2n) is 20.5. The predicted molar refractivity (Wildman–Crippen MR) is 336 cm³/mol. The molecule has 6 aromatic carbocycles. The number of carbonyl (C=O) groups excluding carboxylic acids is 4. The molecule has 10 aromatic rings. The molecule has 0 saturated carbocycles. The Bertz CT molecular complexity index is 4770. The summed E-state index contributed by atoms with van der Waals surface area (Å²) < 4.78 is 129. The van der Waals surface area contributed by atoms with Gasteiger partial charge in [-0.25, -0.2) is 15.0 Å². The summed E-state index contributed by atoms with van der Waals surface area (Å²) in [6, 6.07) is 44.0. The van der Waals surface area contributed by atoms with Gasteiger partial charge in [0.2, 0.25) is 0 Å². The number of benzene rings is 6. The van der Waals surface area contributed by atoms with Crippen molar-refractivity contribution >= 4 is 115 Å². The molecule has 0 fully saturated rings. The summed E-state index contributed by atoms with van der Waals surface area (Å²) in [5.41, 5.74) is 2.77. The number of halogens is 10. The smallest absolute Gasteiger partial charge is 0.657 e. The normalized spacial score (nSPS) is 12.1. The summed E-state index contributed by atoms with van der Waals surface area (Å²) in [7, 11) is 0. The van der Waals surface area contributed by atoms with E-state index >= 15 is 0 Å². The van der Waals surface area contributed by atoms with Crippen molar-refractivity contribution in [3.63, 3.8) is 0 Å². The van der Waals surface area contributed by atoms with Gasteiger partial charge in [0.05, 0.1) is 41.0 Å². The largest absolute Gasteiger partial charge is 2.00 e. The molecule has 0 aliphatic carbocycles. The van der Waals surface area contributed by atoms with E-state index in [1.165, 1.54) is 109 Å². The van der Waals surface area contributed by atoms with Crippen LogP contribution < -0.4 is 31.2 Å². The number of nitrogens with one attached hydrogen (secondary N) is 4. The summed E-state index contributed by atoms with van der Waals surface area (Å²) in [5.74, 6) is -7.48. The Morgan fingerprint density at radius 3 is 1.17 bits per heavy atom. The van der Waals surface area contributed by atoms with Crippen molar-refractivity contribution in [3.8, 4) is 55.8 Å². The monoisotopic (exact) mass is 1410 g/mol. The van der Waals surface area contributed by atoms with E-state index in [-0.39, 0.29) is 132 Å². The quantitative estimate of drug-likeness (QED) is 0.0524. The molecule has 0 unspecified atom stereocenters. The molecule has 14 nitrogen and oxygen atoms in total. The second-order valence-corrected chi connectivity index (χ2v) is 21.7. The van der Waals surface area contributed by atoms with Gasteiger partial charge in [-0.15, -0.1) is 22.1 Å². The van der Waals surface area contributed by atoms with Crippen molar-refractivity contribution in [1.82, 2.24) is 29.5 Å². The third-order valence-electron chi connectivity index (χ3n) is 14.6. The van der Waals surface area contributed by atoms with Crippen LogP contribution in [0.3, 0.4) is 0 Å². The minimum Gasteiger partial charge on any atom is -0.657 e. The summed E-state index contributed by atoms with van der Waals surface area (Å²) in [6.45, 7) is 0.352. The Morgan fingerprint density at radius 2 is 0.804 bits per heavy atom. The molecule has 4 amide bonds. The Hall–Kier alpha value is -10.3. The van der Waals surface area contributed by atoms with Crippen LogP contribution in [0.25, 0.3) is 102 Å². The number of hydrogen-bond donors (Lipinski definition) is 4. The van der Waals surface area contributed by atoms with E-state index in [4.69, 9.17) is 19.9 Å². The Labute approximate surface area is 541 Å². The molecule has 6 heterocycles. The fourth-order valence-corrected chi connectivity index (χ4v) is 10.9. The number of aromatic nitrogens is 6. The summed E-state index contributed by atoms with van der Waals surface area (Å²) in [6.07, 6.45) is -6.64. The van der Waals surface area contributed by atoms with Gasteiger partial charge in [-0.2, -0.15) is 39.5 Å². The molecule has 8 bridgehead atoms.